The predicted octanol–water partition coefficient (Wildman–Crippen LogP) is 22.2. The third-order valence-electron chi connectivity index (χ3n) is 11.1. The number of hydrogen-bond donors (Lipinski definition) is 2. The van der Waals surface area contributed by atoms with Gasteiger partial charge >= 0.3 is 111 Å². The maximum Gasteiger partial charge on any atom is 0.389 e. The van der Waals surface area contributed by atoms with Crippen LogP contribution in [0.4, 0.5) is 0 Å². The van der Waals surface area contributed by atoms with Crippen LogP contribution in [-0.2, 0) is 70.0 Å². The zero-order valence-electron chi connectivity index (χ0n) is 80.1. The quantitative estimate of drug-likeness (QED) is 0.0610. The standard InChI is InChI=1S/C22H40O4Si5.2C10H30O3Si4.C8H26O5Si4.2C8H24O2Si3/c1-27(2,3)23-29(7,8)25-31(21-17-13-11-14-18-21,22-19-15-12-16-20-22)26-30(9,10)24-28(4,5)6;2*1-14(2,3)11-16(7,8)13-17(9,10)12-15(4,5)6;1-14(2,9)11-16(5,6)13-17(7,8)12-15(3,4)10;2*1-11(2,3)9-13(7,8)10-12(4,5)6/h11-20H,1-10H3;2*1-10H3;9-10H,1-8H3;2*1-8H3. The van der Waals surface area contributed by atoms with Crippen molar-refractivity contribution in [3.8, 4) is 0 Å². The van der Waals surface area contributed by atoms with E-state index in [1.165, 1.54) is 0 Å². The van der Waals surface area contributed by atoms with Crippen LogP contribution in [0, 0.1) is 0 Å². The van der Waals surface area contributed by atoms with E-state index in [9.17, 15) is 9.59 Å². The molecule has 0 heterocycles. The molecule has 0 aliphatic heterocycles. The molecule has 2 rings (SSSR count). The first-order valence-electron chi connectivity index (χ1n) is 38.7. The van der Waals surface area contributed by atoms with Gasteiger partial charge in [-0.3, -0.25) is 0 Å². The zero-order chi connectivity index (χ0) is 87.7. The summed E-state index contributed by atoms with van der Waals surface area (Å²) < 4.78 is 107. The fourth-order valence-corrected chi connectivity index (χ4v) is 111. The van der Waals surface area contributed by atoms with Crippen LogP contribution in [0.15, 0.2) is 60.7 Å². The minimum absolute atomic E-state index is 1.10. The van der Waals surface area contributed by atoms with Crippen LogP contribution in [0.3, 0.4) is 0 Å². The lowest BCUT2D eigenvalue weighted by molar-refractivity contribution is 0.278. The molecule has 42 heteroatoms. The molecule has 0 radical (unpaired) electrons. The van der Waals surface area contributed by atoms with Gasteiger partial charge in [-0.05, 0) is 364 Å². The summed E-state index contributed by atoms with van der Waals surface area (Å²) in [5, 5.41) is 2.20. The largest absolute Gasteiger partial charge is 0.437 e. The molecule has 0 fully saturated rings. The minimum Gasteiger partial charge on any atom is -0.437 e. The second-order valence-corrected chi connectivity index (χ2v) is 135. The highest BCUT2D eigenvalue weighted by Crippen LogP contribution is 2.31. The normalized spacial score (nSPS) is 14.7. The smallest absolute Gasteiger partial charge is 0.389 e. The molecule has 0 spiro atoms. The van der Waals surface area contributed by atoms with Crippen molar-refractivity contribution >= 4 is 205 Å². The van der Waals surface area contributed by atoms with Crippen LogP contribution in [-0.4, -0.2) is 204 Å². The lowest BCUT2D eigenvalue weighted by atomic mass is 10.4. The highest BCUT2D eigenvalue weighted by atomic mass is 28.5. The summed E-state index contributed by atoms with van der Waals surface area (Å²) in [4.78, 5) is 19.6. The Balaban J connectivity index is -0.000000622. The third kappa shape index (κ3) is 71.6. The molecule has 0 aromatic heterocycles. The van der Waals surface area contributed by atoms with Crippen molar-refractivity contribution in [2.75, 3.05) is 0 Å². The molecule has 108 heavy (non-hydrogen) atoms. The van der Waals surface area contributed by atoms with E-state index in [-0.39, 0.29) is 0 Å². The summed E-state index contributed by atoms with van der Waals surface area (Å²) in [6, 6.07) is 20.9. The van der Waals surface area contributed by atoms with Crippen LogP contribution in [0.2, 0.25) is 354 Å². The van der Waals surface area contributed by atoms with E-state index >= 15 is 0 Å². The second-order valence-electron chi connectivity index (χ2n) is 43.1. The van der Waals surface area contributed by atoms with Crippen molar-refractivity contribution in [1.29, 1.82) is 0 Å². The number of benzene rings is 2. The van der Waals surface area contributed by atoms with Crippen molar-refractivity contribution in [3.63, 3.8) is 0 Å². The maximum absolute atomic E-state index is 9.79. The molecule has 19 nitrogen and oxygen atoms in total. The Bertz CT molecular complexity index is 2500. The lowest BCUT2D eigenvalue weighted by Crippen LogP contribution is -2.72. The Hall–Kier alpha value is 2.67. The van der Waals surface area contributed by atoms with Crippen LogP contribution in [0.5, 0.6) is 0 Å². The first kappa shape index (κ1) is 117. The van der Waals surface area contributed by atoms with Gasteiger partial charge in [-0.15, -0.1) is 0 Å². The Labute approximate surface area is 692 Å². The fraction of sp³-hybridized carbons (Fsp3) is 0.818. The highest BCUT2D eigenvalue weighted by Gasteiger charge is 2.54. The van der Waals surface area contributed by atoms with Gasteiger partial charge in [-0.1, -0.05) is 60.7 Å². The summed E-state index contributed by atoms with van der Waals surface area (Å²) in [5.74, 6) is 0. The average Bonchev–Trinajstić information content (AvgIpc) is 0.752. The summed E-state index contributed by atoms with van der Waals surface area (Å²) in [5.41, 5.74) is 0. The van der Waals surface area contributed by atoms with Gasteiger partial charge in [0.2, 0.25) is 0 Å². The van der Waals surface area contributed by atoms with Gasteiger partial charge in [-0.2, -0.15) is 0 Å². The van der Waals surface area contributed by atoms with E-state index in [1.54, 1.807) is 26.2 Å². The molecule has 0 unspecified atom stereocenters. The SMILES string of the molecule is C[Si](C)(C)O[Si](C)(C)O[Si](C)(C)C.C[Si](C)(C)O[Si](C)(C)O[Si](C)(C)C.C[Si](C)(C)O[Si](C)(C)O[Si](C)(C)O[Si](C)(C)C.C[Si](C)(C)O[Si](C)(C)O[Si](C)(C)O[Si](C)(C)C.C[Si](C)(C)O[Si](C)(C)O[Si](O[Si](C)(C)O[Si](C)(C)C)(c1ccccc1)c1ccccc1.C[Si](C)(O)O[Si](C)(C)O[Si](C)(C)O[Si](C)(C)O. The summed E-state index contributed by atoms with van der Waals surface area (Å²) in [6.07, 6.45) is 0. The maximum atomic E-state index is 9.79. The first-order valence-corrected chi connectivity index (χ1v) is 108. The van der Waals surface area contributed by atoms with E-state index < -0.39 is 194 Å². The molecule has 644 valence electrons. The van der Waals surface area contributed by atoms with Gasteiger partial charge in [-0.25, -0.2) is 0 Å². The molecule has 2 aromatic carbocycles. The molecule has 0 aliphatic rings. The molecular weight excluding hydrogens is 1740 g/mol. The topological polar surface area (TPSA) is 197 Å². The Morgan fingerprint density at radius 1 is 0.148 bits per heavy atom. The Morgan fingerprint density at radius 3 is 0.380 bits per heavy atom. The van der Waals surface area contributed by atoms with E-state index in [4.69, 9.17) is 70.0 Å². The third-order valence-corrected chi connectivity index (χ3v) is 83.4. The van der Waals surface area contributed by atoms with Crippen molar-refractivity contribution in [1.82, 2.24) is 0 Å². The van der Waals surface area contributed by atoms with E-state index in [2.05, 4.69) is 350 Å². The molecule has 0 saturated heterocycles. The number of rotatable bonds is 36. The monoisotopic (exact) mass is 1910 g/mol. The van der Waals surface area contributed by atoms with E-state index in [0.29, 0.717) is 0 Å². The molecule has 0 aliphatic carbocycles. The first-order chi connectivity index (χ1) is 46.2. The van der Waals surface area contributed by atoms with E-state index in [0.717, 1.165) is 10.4 Å². The Kier molecular flexibility index (Phi) is 46.5. The van der Waals surface area contributed by atoms with Gasteiger partial charge < -0.3 is 79.5 Å². The predicted molar refractivity (Wildman–Crippen MR) is 524 cm³/mol. The van der Waals surface area contributed by atoms with Gasteiger partial charge in [0.15, 0.2) is 83.2 Å². The van der Waals surface area contributed by atoms with Crippen LogP contribution in [0.1, 0.15) is 0 Å². The van der Waals surface area contributed by atoms with Gasteiger partial charge in [0.05, 0.1) is 0 Å². The molecule has 0 bridgehead atoms. The van der Waals surface area contributed by atoms with Gasteiger partial charge in [0, 0.05) is 0 Å². The van der Waals surface area contributed by atoms with Gasteiger partial charge in [0.1, 0.15) is 0 Å². The second kappa shape index (κ2) is 42.9. The lowest BCUT2D eigenvalue weighted by Gasteiger charge is -2.44. The van der Waals surface area contributed by atoms with Crippen LogP contribution >= 0.6 is 0 Å². The van der Waals surface area contributed by atoms with Crippen LogP contribution < -0.4 is 10.4 Å². The van der Waals surface area contributed by atoms with Crippen molar-refractivity contribution in [2.24, 2.45) is 0 Å². The zero-order valence-corrected chi connectivity index (χ0v) is 103. The molecular formula is C66H174O19Si23. The molecule has 2 aromatic rings. The Morgan fingerprint density at radius 2 is 0.259 bits per heavy atom. The fourth-order valence-electron chi connectivity index (χ4n) is 13.0. The molecule has 0 atom stereocenters. The average molecular weight is 1920 g/mol. The minimum atomic E-state index is -3.10. The molecule has 0 saturated carbocycles. The van der Waals surface area contributed by atoms with Gasteiger partial charge in [0.25, 0.3) is 0 Å². The highest BCUT2D eigenvalue weighted by molar-refractivity contribution is 7.03. The molecule has 0 amide bonds. The van der Waals surface area contributed by atoms with Crippen molar-refractivity contribution in [2.45, 2.75) is 354 Å². The summed E-state index contributed by atoms with van der Waals surface area (Å²) >= 11 is 0. The molecule has 2 N–H and O–H groups in total. The van der Waals surface area contributed by atoms with Crippen molar-refractivity contribution < 1.29 is 79.5 Å². The summed E-state index contributed by atoms with van der Waals surface area (Å²) in [6.45, 7) is 115. The van der Waals surface area contributed by atoms with Crippen LogP contribution in [0.25, 0.3) is 0 Å². The van der Waals surface area contributed by atoms with E-state index in [1.807, 2.05) is 38.3 Å². The van der Waals surface area contributed by atoms with Crippen molar-refractivity contribution in [3.05, 3.63) is 60.7 Å². The summed E-state index contributed by atoms with van der Waals surface area (Å²) in [7, 11) is -45.6. The number of hydrogen-bond acceptors (Lipinski definition) is 19.